The Balaban J connectivity index is 3.05. The van der Waals surface area contributed by atoms with Crippen molar-refractivity contribution in [2.45, 2.75) is 6.42 Å². The van der Waals surface area contributed by atoms with Crippen LogP contribution in [0.5, 0.6) is 5.75 Å². The Morgan fingerprint density at radius 2 is 2.31 bits per heavy atom. The first-order valence-corrected chi connectivity index (χ1v) is 5.73. The van der Waals surface area contributed by atoms with Crippen molar-refractivity contribution in [2.75, 3.05) is 12.4 Å². The van der Waals surface area contributed by atoms with E-state index in [1.165, 1.54) is 0 Å². The predicted octanol–water partition coefficient (Wildman–Crippen LogP) is 2.07. The molecule has 0 bridgehead atoms. The van der Waals surface area contributed by atoms with E-state index in [2.05, 4.69) is 27.8 Å². The van der Waals surface area contributed by atoms with Crippen molar-refractivity contribution in [3.8, 4) is 17.6 Å². The fourth-order valence-electron chi connectivity index (χ4n) is 1.27. The molecule has 0 unspecified atom stereocenters. The van der Waals surface area contributed by atoms with Gasteiger partial charge in [0.05, 0.1) is 24.4 Å². The molecule has 1 N–H and O–H groups in total. The topological polar surface area (TPSA) is 46.5 Å². The van der Waals surface area contributed by atoms with Crippen LogP contribution < -0.4 is 4.74 Å². The lowest BCUT2D eigenvalue weighted by Crippen LogP contribution is -2.00. The highest BCUT2D eigenvalue weighted by Crippen LogP contribution is 2.19. The molecule has 0 heterocycles. The summed E-state index contributed by atoms with van der Waals surface area (Å²) in [7, 11) is 1.56. The van der Waals surface area contributed by atoms with Crippen LogP contribution in [0.15, 0.2) is 18.2 Å². The average molecular weight is 283 g/mol. The van der Waals surface area contributed by atoms with Crippen LogP contribution in [0.2, 0.25) is 0 Å². The van der Waals surface area contributed by atoms with Gasteiger partial charge in [-0.2, -0.15) is 0 Å². The van der Waals surface area contributed by atoms with E-state index >= 15 is 0 Å². The van der Waals surface area contributed by atoms with Crippen LogP contribution in [-0.2, 0) is 11.2 Å². The zero-order valence-electron chi connectivity index (χ0n) is 8.79. The SMILES string of the molecule is COc1ccc(CC(=O)O)cc1C#CCBr. The Morgan fingerprint density at radius 3 is 2.88 bits per heavy atom. The minimum absolute atomic E-state index is 0.00696. The average Bonchev–Trinajstić information content (AvgIpc) is 2.25. The molecule has 0 aromatic heterocycles. The number of hydrogen-bond donors (Lipinski definition) is 1. The van der Waals surface area contributed by atoms with Crippen LogP contribution in [0, 0.1) is 11.8 Å². The molecule has 3 nitrogen and oxygen atoms in total. The van der Waals surface area contributed by atoms with Crippen molar-refractivity contribution in [2.24, 2.45) is 0 Å². The second-order valence-electron chi connectivity index (χ2n) is 3.04. The van der Waals surface area contributed by atoms with Gasteiger partial charge >= 0.3 is 5.97 Å². The largest absolute Gasteiger partial charge is 0.495 e. The van der Waals surface area contributed by atoms with Gasteiger partial charge in [-0.05, 0) is 17.7 Å². The number of halogens is 1. The van der Waals surface area contributed by atoms with Gasteiger partial charge in [0.2, 0.25) is 0 Å². The molecule has 16 heavy (non-hydrogen) atoms. The highest BCUT2D eigenvalue weighted by atomic mass is 79.9. The Morgan fingerprint density at radius 1 is 1.56 bits per heavy atom. The molecule has 84 valence electrons. The molecule has 0 saturated heterocycles. The lowest BCUT2D eigenvalue weighted by Gasteiger charge is -2.05. The van der Waals surface area contributed by atoms with Crippen molar-refractivity contribution in [3.05, 3.63) is 29.3 Å². The Bertz CT molecular complexity index is 443. The molecular formula is C12H11BrO3. The molecular weight excluding hydrogens is 272 g/mol. The van der Waals surface area contributed by atoms with Gasteiger partial charge < -0.3 is 9.84 Å². The number of rotatable bonds is 3. The van der Waals surface area contributed by atoms with Gasteiger partial charge in [0.15, 0.2) is 0 Å². The van der Waals surface area contributed by atoms with Crippen LogP contribution in [0.4, 0.5) is 0 Å². The van der Waals surface area contributed by atoms with E-state index in [1.54, 1.807) is 25.3 Å². The fraction of sp³-hybridized carbons (Fsp3) is 0.250. The minimum Gasteiger partial charge on any atom is -0.495 e. The summed E-state index contributed by atoms with van der Waals surface area (Å²) in [5.41, 5.74) is 1.42. The molecule has 4 heteroatoms. The van der Waals surface area contributed by atoms with Gasteiger partial charge in [0, 0.05) is 0 Å². The summed E-state index contributed by atoms with van der Waals surface area (Å²) in [6, 6.07) is 5.20. The van der Waals surface area contributed by atoms with Crippen LogP contribution >= 0.6 is 15.9 Å². The third-order valence-corrected chi connectivity index (χ3v) is 2.19. The monoisotopic (exact) mass is 282 g/mol. The summed E-state index contributed by atoms with van der Waals surface area (Å²) >= 11 is 3.20. The molecule has 1 aromatic carbocycles. The highest BCUT2D eigenvalue weighted by molar-refractivity contribution is 9.09. The third-order valence-electron chi connectivity index (χ3n) is 1.91. The van der Waals surface area contributed by atoms with Crippen molar-refractivity contribution >= 4 is 21.9 Å². The maximum Gasteiger partial charge on any atom is 0.307 e. The number of methoxy groups -OCH3 is 1. The summed E-state index contributed by atoms with van der Waals surface area (Å²) < 4.78 is 5.14. The summed E-state index contributed by atoms with van der Waals surface area (Å²) in [6.07, 6.45) is -0.00696. The number of aliphatic carboxylic acids is 1. The quantitative estimate of drug-likeness (QED) is 0.682. The molecule has 0 aliphatic carbocycles. The zero-order valence-corrected chi connectivity index (χ0v) is 10.4. The van der Waals surface area contributed by atoms with Crippen LogP contribution in [-0.4, -0.2) is 23.5 Å². The number of hydrogen-bond acceptors (Lipinski definition) is 2. The van der Waals surface area contributed by atoms with E-state index in [0.717, 1.165) is 0 Å². The van der Waals surface area contributed by atoms with Gasteiger partial charge in [0.25, 0.3) is 0 Å². The van der Waals surface area contributed by atoms with Gasteiger partial charge in [-0.15, -0.1) is 0 Å². The minimum atomic E-state index is -0.857. The number of benzene rings is 1. The fourth-order valence-corrected chi connectivity index (χ4v) is 1.41. The zero-order chi connectivity index (χ0) is 12.0. The number of carboxylic acid groups (broad SMARTS) is 1. The van der Waals surface area contributed by atoms with E-state index in [1.807, 2.05) is 0 Å². The smallest absolute Gasteiger partial charge is 0.307 e. The third kappa shape index (κ3) is 3.59. The second kappa shape index (κ2) is 6.19. The number of ether oxygens (including phenoxy) is 1. The van der Waals surface area contributed by atoms with Crippen molar-refractivity contribution < 1.29 is 14.6 Å². The van der Waals surface area contributed by atoms with Gasteiger partial charge in [-0.25, -0.2) is 0 Å². The van der Waals surface area contributed by atoms with E-state index in [9.17, 15) is 4.79 Å². The van der Waals surface area contributed by atoms with Crippen LogP contribution in [0.1, 0.15) is 11.1 Å². The van der Waals surface area contributed by atoms with E-state index in [-0.39, 0.29) is 6.42 Å². The van der Waals surface area contributed by atoms with Gasteiger partial charge in [0.1, 0.15) is 5.75 Å². The normalized spacial score (nSPS) is 9.12. The molecule has 0 atom stereocenters. The van der Waals surface area contributed by atoms with Gasteiger partial charge in [-0.1, -0.05) is 33.8 Å². The molecule has 0 aliphatic rings. The molecule has 0 fully saturated rings. The molecule has 0 spiro atoms. The van der Waals surface area contributed by atoms with E-state index < -0.39 is 5.97 Å². The first kappa shape index (κ1) is 12.6. The van der Waals surface area contributed by atoms with Crippen molar-refractivity contribution in [3.63, 3.8) is 0 Å². The van der Waals surface area contributed by atoms with E-state index in [4.69, 9.17) is 9.84 Å². The van der Waals surface area contributed by atoms with E-state index in [0.29, 0.717) is 22.2 Å². The number of alkyl halides is 1. The number of carbonyl (C=O) groups is 1. The highest BCUT2D eigenvalue weighted by Gasteiger charge is 2.05. The molecule has 0 saturated carbocycles. The predicted molar refractivity (Wildman–Crippen MR) is 65.0 cm³/mol. The van der Waals surface area contributed by atoms with Crippen molar-refractivity contribution in [1.82, 2.24) is 0 Å². The molecule has 1 aromatic rings. The van der Waals surface area contributed by atoms with Crippen LogP contribution in [0.3, 0.4) is 0 Å². The summed E-state index contributed by atoms with van der Waals surface area (Å²) in [5.74, 6) is 5.57. The van der Waals surface area contributed by atoms with Crippen molar-refractivity contribution in [1.29, 1.82) is 0 Å². The molecule has 1 rings (SSSR count). The summed E-state index contributed by atoms with van der Waals surface area (Å²) in [5, 5.41) is 9.25. The van der Waals surface area contributed by atoms with Crippen LogP contribution in [0.25, 0.3) is 0 Å². The molecule has 0 aliphatic heterocycles. The lowest BCUT2D eigenvalue weighted by molar-refractivity contribution is -0.136. The maximum absolute atomic E-state index is 10.6. The lowest BCUT2D eigenvalue weighted by atomic mass is 10.1. The summed E-state index contributed by atoms with van der Waals surface area (Å²) in [4.78, 5) is 10.6. The Kier molecular flexibility index (Phi) is 4.87. The summed E-state index contributed by atoms with van der Waals surface area (Å²) in [6.45, 7) is 0. The van der Waals surface area contributed by atoms with Gasteiger partial charge in [-0.3, -0.25) is 4.79 Å². The second-order valence-corrected chi connectivity index (χ2v) is 3.60. The maximum atomic E-state index is 10.6. The molecule has 0 amide bonds. The Labute approximate surface area is 103 Å². The first-order chi connectivity index (χ1) is 7.67. The standard InChI is InChI=1S/C12H11BrO3/c1-16-11-5-4-9(8-12(14)15)7-10(11)3-2-6-13/h4-5,7H,6,8H2,1H3,(H,14,15). The first-order valence-electron chi connectivity index (χ1n) is 4.61. The molecule has 0 radical (unpaired) electrons. The Hall–Kier alpha value is -1.47. The number of carboxylic acids is 1.